The summed E-state index contributed by atoms with van der Waals surface area (Å²) in [5.74, 6) is 0. The van der Waals surface area contributed by atoms with Gasteiger partial charge in [0.05, 0.1) is 12.2 Å². The number of hydrogen-bond acceptors (Lipinski definition) is 2. The molecule has 2 unspecified atom stereocenters. The molecule has 1 N–H and O–H groups in total. The van der Waals surface area contributed by atoms with Crippen LogP contribution in [0.3, 0.4) is 0 Å². The van der Waals surface area contributed by atoms with Crippen LogP contribution in [0.15, 0.2) is 0 Å². The van der Waals surface area contributed by atoms with E-state index in [4.69, 9.17) is 4.74 Å². The van der Waals surface area contributed by atoms with Crippen molar-refractivity contribution >= 4 is 0 Å². The van der Waals surface area contributed by atoms with Crippen LogP contribution in [0, 0.1) is 0 Å². The maximum atomic E-state index is 5.95. The van der Waals surface area contributed by atoms with Crippen molar-refractivity contribution in [2.24, 2.45) is 0 Å². The van der Waals surface area contributed by atoms with E-state index in [0.29, 0.717) is 12.2 Å². The highest BCUT2D eigenvalue weighted by Crippen LogP contribution is 2.18. The summed E-state index contributed by atoms with van der Waals surface area (Å²) >= 11 is 0. The maximum absolute atomic E-state index is 5.95. The second kappa shape index (κ2) is 8.08. The average Bonchev–Trinajstić information content (AvgIpc) is 3.05. The van der Waals surface area contributed by atoms with Gasteiger partial charge in [-0.25, -0.2) is 0 Å². The fourth-order valence-electron chi connectivity index (χ4n) is 1.99. The summed E-state index contributed by atoms with van der Waals surface area (Å²) in [6, 6.07) is 0.797. The first-order valence-electron chi connectivity index (χ1n) is 7.11. The van der Waals surface area contributed by atoms with Crippen LogP contribution in [0.1, 0.15) is 65.7 Å². The third-order valence-electron chi connectivity index (χ3n) is 3.20. The lowest BCUT2D eigenvalue weighted by atomic mass is 10.1. The molecular formula is C14H29NO. The molecule has 2 nitrogen and oxygen atoms in total. The van der Waals surface area contributed by atoms with Gasteiger partial charge in [-0.1, -0.05) is 32.6 Å². The second-order valence-corrected chi connectivity index (χ2v) is 5.29. The lowest BCUT2D eigenvalue weighted by Gasteiger charge is -2.19. The molecule has 0 aliphatic heterocycles. The summed E-state index contributed by atoms with van der Waals surface area (Å²) in [7, 11) is 0. The monoisotopic (exact) mass is 227 g/mol. The predicted molar refractivity (Wildman–Crippen MR) is 69.8 cm³/mol. The molecule has 0 saturated heterocycles. The van der Waals surface area contributed by atoms with E-state index in [9.17, 15) is 0 Å². The summed E-state index contributed by atoms with van der Waals surface area (Å²) in [4.78, 5) is 0. The van der Waals surface area contributed by atoms with Crippen molar-refractivity contribution < 1.29 is 4.74 Å². The van der Waals surface area contributed by atoms with Gasteiger partial charge in [-0.05, 0) is 33.1 Å². The van der Waals surface area contributed by atoms with Crippen LogP contribution in [0.5, 0.6) is 0 Å². The standard InChI is InChI=1S/C14H29NO/c1-4-5-6-7-8-12(2)16-13(3)11-15-14-9-10-14/h12-15H,4-11H2,1-3H3. The van der Waals surface area contributed by atoms with Crippen molar-refractivity contribution in [3.63, 3.8) is 0 Å². The third kappa shape index (κ3) is 7.24. The summed E-state index contributed by atoms with van der Waals surface area (Å²) in [5.41, 5.74) is 0. The van der Waals surface area contributed by atoms with Gasteiger partial charge in [-0.15, -0.1) is 0 Å². The molecule has 2 atom stereocenters. The van der Waals surface area contributed by atoms with Crippen molar-refractivity contribution in [2.75, 3.05) is 6.54 Å². The highest BCUT2D eigenvalue weighted by atomic mass is 16.5. The third-order valence-corrected chi connectivity index (χ3v) is 3.20. The first-order valence-corrected chi connectivity index (χ1v) is 7.11. The summed E-state index contributed by atoms with van der Waals surface area (Å²) in [6.07, 6.45) is 10.1. The Morgan fingerprint density at radius 1 is 1.12 bits per heavy atom. The van der Waals surface area contributed by atoms with Crippen molar-refractivity contribution in [2.45, 2.75) is 84.0 Å². The quantitative estimate of drug-likeness (QED) is 0.577. The molecular weight excluding hydrogens is 198 g/mol. The van der Waals surface area contributed by atoms with E-state index in [2.05, 4.69) is 26.1 Å². The molecule has 0 amide bonds. The Morgan fingerprint density at radius 2 is 1.88 bits per heavy atom. The van der Waals surface area contributed by atoms with Crippen molar-refractivity contribution in [3.05, 3.63) is 0 Å². The molecule has 0 spiro atoms. The summed E-state index contributed by atoms with van der Waals surface area (Å²) in [6.45, 7) is 7.66. The Morgan fingerprint density at radius 3 is 2.50 bits per heavy atom. The number of hydrogen-bond donors (Lipinski definition) is 1. The van der Waals surface area contributed by atoms with Crippen molar-refractivity contribution in [1.29, 1.82) is 0 Å². The van der Waals surface area contributed by atoms with Gasteiger partial charge in [0.25, 0.3) is 0 Å². The van der Waals surface area contributed by atoms with E-state index in [1.54, 1.807) is 0 Å². The molecule has 96 valence electrons. The van der Waals surface area contributed by atoms with Gasteiger partial charge < -0.3 is 10.1 Å². The number of unbranched alkanes of at least 4 members (excludes halogenated alkanes) is 3. The van der Waals surface area contributed by atoms with Gasteiger partial charge in [0, 0.05) is 12.6 Å². The van der Waals surface area contributed by atoms with Crippen LogP contribution in [0.25, 0.3) is 0 Å². The maximum Gasteiger partial charge on any atom is 0.0675 e. The van der Waals surface area contributed by atoms with E-state index >= 15 is 0 Å². The first kappa shape index (κ1) is 14.0. The Bertz CT molecular complexity index is 168. The highest BCUT2D eigenvalue weighted by Gasteiger charge is 2.21. The zero-order valence-corrected chi connectivity index (χ0v) is 11.3. The van der Waals surface area contributed by atoms with E-state index in [0.717, 1.165) is 12.6 Å². The molecule has 1 aliphatic rings. The Balaban J connectivity index is 1.91. The predicted octanol–water partition coefficient (Wildman–Crippen LogP) is 3.50. The van der Waals surface area contributed by atoms with E-state index in [1.807, 2.05) is 0 Å². The fourth-order valence-corrected chi connectivity index (χ4v) is 1.99. The molecule has 16 heavy (non-hydrogen) atoms. The molecule has 0 aromatic carbocycles. The second-order valence-electron chi connectivity index (χ2n) is 5.29. The van der Waals surface area contributed by atoms with E-state index in [-0.39, 0.29) is 0 Å². The van der Waals surface area contributed by atoms with Crippen LogP contribution >= 0.6 is 0 Å². The molecule has 2 heteroatoms. The first-order chi connectivity index (χ1) is 7.72. The number of rotatable bonds is 10. The van der Waals surface area contributed by atoms with Gasteiger partial charge in [0.15, 0.2) is 0 Å². The smallest absolute Gasteiger partial charge is 0.0675 e. The van der Waals surface area contributed by atoms with Crippen LogP contribution in [-0.2, 0) is 4.74 Å². The Labute approximate surface area is 101 Å². The van der Waals surface area contributed by atoms with Crippen molar-refractivity contribution in [1.82, 2.24) is 5.32 Å². The molecule has 1 fully saturated rings. The van der Waals surface area contributed by atoms with Crippen molar-refractivity contribution in [3.8, 4) is 0 Å². The molecule has 0 aromatic rings. The zero-order chi connectivity index (χ0) is 11.8. The van der Waals surface area contributed by atoms with Crippen LogP contribution in [0.2, 0.25) is 0 Å². The largest absolute Gasteiger partial charge is 0.374 e. The molecule has 1 rings (SSSR count). The average molecular weight is 227 g/mol. The summed E-state index contributed by atoms with van der Waals surface area (Å²) < 4.78 is 5.95. The molecule has 1 saturated carbocycles. The Kier molecular flexibility index (Phi) is 7.06. The van der Waals surface area contributed by atoms with Gasteiger partial charge in [-0.2, -0.15) is 0 Å². The molecule has 1 aliphatic carbocycles. The normalized spacial score (nSPS) is 19.7. The van der Waals surface area contributed by atoms with E-state index < -0.39 is 0 Å². The van der Waals surface area contributed by atoms with Crippen LogP contribution < -0.4 is 5.32 Å². The zero-order valence-electron chi connectivity index (χ0n) is 11.3. The minimum Gasteiger partial charge on any atom is -0.374 e. The van der Waals surface area contributed by atoms with E-state index in [1.165, 1.54) is 44.9 Å². The highest BCUT2D eigenvalue weighted by molar-refractivity contribution is 4.81. The minimum atomic E-state index is 0.363. The van der Waals surface area contributed by atoms with Crippen LogP contribution in [-0.4, -0.2) is 24.8 Å². The van der Waals surface area contributed by atoms with Gasteiger partial charge in [-0.3, -0.25) is 0 Å². The summed E-state index contributed by atoms with van der Waals surface area (Å²) in [5, 5.41) is 3.51. The fraction of sp³-hybridized carbons (Fsp3) is 1.00. The number of nitrogens with one attached hydrogen (secondary N) is 1. The Hall–Kier alpha value is -0.0800. The molecule has 0 bridgehead atoms. The van der Waals surface area contributed by atoms with Crippen LogP contribution in [0.4, 0.5) is 0 Å². The minimum absolute atomic E-state index is 0.363. The van der Waals surface area contributed by atoms with Gasteiger partial charge in [0.1, 0.15) is 0 Å². The molecule has 0 aromatic heterocycles. The topological polar surface area (TPSA) is 21.3 Å². The SMILES string of the molecule is CCCCCCC(C)OC(C)CNC1CC1. The number of ether oxygens (including phenoxy) is 1. The molecule has 0 heterocycles. The lowest BCUT2D eigenvalue weighted by molar-refractivity contribution is 0.00354. The molecule has 0 radical (unpaired) electrons. The van der Waals surface area contributed by atoms with Gasteiger partial charge in [0.2, 0.25) is 0 Å². The lowest BCUT2D eigenvalue weighted by Crippen LogP contribution is -2.30. The van der Waals surface area contributed by atoms with Gasteiger partial charge >= 0.3 is 0 Å².